The molecule has 0 radical (unpaired) electrons. The van der Waals surface area contributed by atoms with E-state index in [-0.39, 0.29) is 5.91 Å². The van der Waals surface area contributed by atoms with E-state index in [0.717, 1.165) is 17.8 Å². The summed E-state index contributed by atoms with van der Waals surface area (Å²) in [7, 11) is 3.46. The highest BCUT2D eigenvalue weighted by atomic mass is 16.1. The van der Waals surface area contributed by atoms with E-state index < -0.39 is 0 Å². The second kappa shape index (κ2) is 5.67. The minimum atomic E-state index is 0.00645. The van der Waals surface area contributed by atoms with E-state index >= 15 is 0 Å². The quantitative estimate of drug-likeness (QED) is 0.751. The highest BCUT2D eigenvalue weighted by molar-refractivity contribution is 5.77. The Morgan fingerprint density at radius 3 is 2.65 bits per heavy atom. The van der Waals surface area contributed by atoms with Gasteiger partial charge in [-0.2, -0.15) is 5.10 Å². The van der Waals surface area contributed by atoms with Gasteiger partial charge in [0, 0.05) is 26.2 Å². The Hall–Kier alpha value is -1.56. The molecule has 6 nitrogen and oxygen atoms in total. The molecule has 6 heteroatoms. The molecule has 0 atom stereocenters. The zero-order chi connectivity index (χ0) is 13.0. The molecule has 0 saturated carbocycles. The molecule has 0 aliphatic carbocycles. The molecular weight excluding hydrogens is 218 g/mol. The molecule has 17 heavy (non-hydrogen) atoms. The number of hydrogen-bond donors (Lipinski definition) is 2. The fraction of sp³-hybridized carbons (Fsp3) is 0.636. The molecule has 0 saturated heterocycles. The lowest BCUT2D eigenvalue weighted by atomic mass is 10.2. The van der Waals surface area contributed by atoms with Gasteiger partial charge in [0.25, 0.3) is 0 Å². The molecule has 3 N–H and O–H groups in total. The zero-order valence-corrected chi connectivity index (χ0v) is 10.9. The average Bonchev–Trinajstić information content (AvgIpc) is 2.54. The summed E-state index contributed by atoms with van der Waals surface area (Å²) >= 11 is 0. The fourth-order valence-electron chi connectivity index (χ4n) is 1.70. The molecular formula is C11H21N5O. The molecule has 0 aliphatic rings. The molecule has 1 amide bonds. The van der Waals surface area contributed by atoms with Crippen molar-refractivity contribution in [2.24, 2.45) is 7.05 Å². The first-order valence-corrected chi connectivity index (χ1v) is 5.70. The van der Waals surface area contributed by atoms with Gasteiger partial charge in [0.15, 0.2) is 0 Å². The first-order valence-electron chi connectivity index (χ1n) is 5.70. The van der Waals surface area contributed by atoms with Gasteiger partial charge < -0.3 is 11.1 Å². The maximum atomic E-state index is 11.3. The number of anilines is 1. The highest BCUT2D eigenvalue weighted by Crippen LogP contribution is 2.17. The van der Waals surface area contributed by atoms with Gasteiger partial charge in [-0.1, -0.05) is 6.92 Å². The maximum Gasteiger partial charge on any atom is 0.233 e. The van der Waals surface area contributed by atoms with Gasteiger partial charge in [-0.15, -0.1) is 0 Å². The van der Waals surface area contributed by atoms with Crippen molar-refractivity contribution in [1.29, 1.82) is 0 Å². The molecule has 0 spiro atoms. The summed E-state index contributed by atoms with van der Waals surface area (Å²) in [5.74, 6) is 0.671. The molecule has 1 aromatic rings. The number of aromatic nitrogens is 2. The lowest BCUT2D eigenvalue weighted by Gasteiger charge is -2.19. The Bertz CT molecular complexity index is 399. The van der Waals surface area contributed by atoms with Crippen molar-refractivity contribution in [1.82, 2.24) is 20.0 Å². The smallest absolute Gasteiger partial charge is 0.233 e. The Labute approximate surface area is 102 Å². The predicted octanol–water partition coefficient (Wildman–Crippen LogP) is -0.121. The van der Waals surface area contributed by atoms with E-state index in [0.29, 0.717) is 18.9 Å². The number of nitrogens with one attached hydrogen (secondary N) is 1. The van der Waals surface area contributed by atoms with Gasteiger partial charge in [0.2, 0.25) is 5.91 Å². The normalized spacial score (nSPS) is 10.9. The van der Waals surface area contributed by atoms with Crippen molar-refractivity contribution in [2.75, 3.05) is 25.9 Å². The van der Waals surface area contributed by atoms with E-state index in [1.165, 1.54) is 0 Å². The first kappa shape index (κ1) is 13.5. The molecule has 0 fully saturated rings. The van der Waals surface area contributed by atoms with Crippen molar-refractivity contribution in [3.63, 3.8) is 0 Å². The summed E-state index contributed by atoms with van der Waals surface area (Å²) < 4.78 is 1.67. The molecule has 1 rings (SSSR count). The SMILES string of the molecule is CCN(CC(=O)NC)Cc1c(C)nn(C)c1N. The number of rotatable bonds is 5. The number of nitrogens with zero attached hydrogens (tertiary/aromatic N) is 3. The molecule has 96 valence electrons. The number of nitrogen functional groups attached to an aromatic ring is 1. The zero-order valence-electron chi connectivity index (χ0n) is 10.9. The van der Waals surface area contributed by atoms with Crippen LogP contribution >= 0.6 is 0 Å². The van der Waals surface area contributed by atoms with E-state index in [2.05, 4.69) is 10.4 Å². The van der Waals surface area contributed by atoms with Crippen molar-refractivity contribution >= 4 is 11.7 Å². The lowest BCUT2D eigenvalue weighted by molar-refractivity contribution is -0.121. The minimum Gasteiger partial charge on any atom is -0.384 e. The summed E-state index contributed by atoms with van der Waals surface area (Å²) in [5.41, 5.74) is 7.86. The Kier molecular flexibility index (Phi) is 4.51. The van der Waals surface area contributed by atoms with Crippen LogP contribution in [0.5, 0.6) is 0 Å². The number of aryl methyl sites for hydroxylation is 2. The van der Waals surface area contributed by atoms with Crippen molar-refractivity contribution in [2.45, 2.75) is 20.4 Å². The predicted molar refractivity (Wildman–Crippen MR) is 67.4 cm³/mol. The van der Waals surface area contributed by atoms with E-state index in [4.69, 9.17) is 5.73 Å². The molecule has 0 aromatic carbocycles. The van der Waals surface area contributed by atoms with Gasteiger partial charge in [0.1, 0.15) is 5.82 Å². The summed E-state index contributed by atoms with van der Waals surface area (Å²) in [6.45, 7) is 5.77. The van der Waals surface area contributed by atoms with Gasteiger partial charge in [-0.05, 0) is 13.5 Å². The lowest BCUT2D eigenvalue weighted by Crippen LogP contribution is -2.35. The van der Waals surface area contributed by atoms with Crippen molar-refractivity contribution in [3.05, 3.63) is 11.3 Å². The summed E-state index contributed by atoms with van der Waals surface area (Å²) in [4.78, 5) is 13.4. The van der Waals surface area contributed by atoms with Crippen LogP contribution in [0, 0.1) is 6.92 Å². The Morgan fingerprint density at radius 1 is 1.59 bits per heavy atom. The topological polar surface area (TPSA) is 76.2 Å². The van der Waals surface area contributed by atoms with Crippen LogP contribution < -0.4 is 11.1 Å². The van der Waals surface area contributed by atoms with Crippen LogP contribution in [0.4, 0.5) is 5.82 Å². The number of amides is 1. The highest BCUT2D eigenvalue weighted by Gasteiger charge is 2.15. The molecule has 0 bridgehead atoms. The number of hydrogen-bond acceptors (Lipinski definition) is 4. The molecule has 1 aromatic heterocycles. The van der Waals surface area contributed by atoms with Crippen LogP contribution in [0.1, 0.15) is 18.2 Å². The van der Waals surface area contributed by atoms with Gasteiger partial charge in [-0.25, -0.2) is 0 Å². The van der Waals surface area contributed by atoms with Crippen LogP contribution in [0.25, 0.3) is 0 Å². The maximum absolute atomic E-state index is 11.3. The summed E-state index contributed by atoms with van der Waals surface area (Å²) in [6, 6.07) is 0. The number of nitrogens with two attached hydrogens (primary N) is 1. The Morgan fingerprint density at radius 2 is 2.24 bits per heavy atom. The van der Waals surface area contributed by atoms with Crippen LogP contribution in [-0.2, 0) is 18.4 Å². The minimum absolute atomic E-state index is 0.00645. The van der Waals surface area contributed by atoms with Gasteiger partial charge in [0.05, 0.1) is 12.2 Å². The molecule has 0 aliphatic heterocycles. The van der Waals surface area contributed by atoms with Crippen LogP contribution in [-0.4, -0.2) is 40.7 Å². The third kappa shape index (κ3) is 3.20. The van der Waals surface area contributed by atoms with Crippen LogP contribution in [0.3, 0.4) is 0 Å². The monoisotopic (exact) mass is 239 g/mol. The Balaban J connectivity index is 2.77. The van der Waals surface area contributed by atoms with Crippen molar-refractivity contribution < 1.29 is 4.79 Å². The summed E-state index contributed by atoms with van der Waals surface area (Å²) in [6.07, 6.45) is 0. The summed E-state index contributed by atoms with van der Waals surface area (Å²) in [5, 5.41) is 6.88. The average molecular weight is 239 g/mol. The van der Waals surface area contributed by atoms with E-state index in [1.807, 2.05) is 25.8 Å². The standard InChI is InChI=1S/C11H21N5O/c1-5-16(7-10(17)13-3)6-9-8(2)14-15(4)11(9)12/h5-7,12H2,1-4H3,(H,13,17). The number of likely N-dealkylation sites (N-methyl/N-ethyl adjacent to an activating group) is 2. The number of carbonyl (C=O) groups excluding carboxylic acids is 1. The van der Waals surface area contributed by atoms with Gasteiger partial charge in [-0.3, -0.25) is 14.4 Å². The van der Waals surface area contributed by atoms with Gasteiger partial charge >= 0.3 is 0 Å². The van der Waals surface area contributed by atoms with Crippen LogP contribution in [0.2, 0.25) is 0 Å². The third-order valence-corrected chi connectivity index (χ3v) is 2.87. The first-order chi connectivity index (χ1) is 7.99. The van der Waals surface area contributed by atoms with E-state index in [9.17, 15) is 4.79 Å². The molecule has 0 unspecified atom stereocenters. The second-order valence-electron chi connectivity index (χ2n) is 4.05. The fourth-order valence-corrected chi connectivity index (χ4v) is 1.70. The largest absolute Gasteiger partial charge is 0.384 e. The van der Waals surface area contributed by atoms with E-state index in [1.54, 1.807) is 11.7 Å². The van der Waals surface area contributed by atoms with Crippen LogP contribution in [0.15, 0.2) is 0 Å². The molecule has 1 heterocycles. The third-order valence-electron chi connectivity index (χ3n) is 2.87. The second-order valence-corrected chi connectivity index (χ2v) is 4.05. The van der Waals surface area contributed by atoms with Crippen molar-refractivity contribution in [3.8, 4) is 0 Å². The number of carbonyl (C=O) groups is 1.